The highest BCUT2D eigenvalue weighted by Crippen LogP contribution is 2.24. The number of hydrogen-bond donors (Lipinski definition) is 1. The van der Waals surface area contributed by atoms with Gasteiger partial charge in [0.15, 0.2) is 0 Å². The molecule has 0 saturated carbocycles. The molecule has 0 unspecified atom stereocenters. The van der Waals surface area contributed by atoms with E-state index >= 15 is 0 Å². The molecule has 19 heavy (non-hydrogen) atoms. The van der Waals surface area contributed by atoms with Crippen LogP contribution in [0.1, 0.15) is 12.5 Å². The summed E-state index contributed by atoms with van der Waals surface area (Å²) < 4.78 is 18.6. The largest absolute Gasteiger partial charge is 0.424 e. The first-order valence-corrected chi connectivity index (χ1v) is 6.05. The van der Waals surface area contributed by atoms with Gasteiger partial charge in [0.25, 0.3) is 0 Å². The summed E-state index contributed by atoms with van der Waals surface area (Å²) in [6, 6.07) is 4.25. The van der Waals surface area contributed by atoms with Crippen molar-refractivity contribution < 1.29 is 9.13 Å². The van der Waals surface area contributed by atoms with E-state index < -0.39 is 5.82 Å². The van der Waals surface area contributed by atoms with Crippen LogP contribution in [-0.4, -0.2) is 21.5 Å². The Morgan fingerprint density at radius 3 is 2.84 bits per heavy atom. The van der Waals surface area contributed by atoms with E-state index in [9.17, 15) is 4.39 Å². The molecular weight excluding hydrogens is 271 g/mol. The summed E-state index contributed by atoms with van der Waals surface area (Å²) in [5, 5.41) is 2.91. The Morgan fingerprint density at radius 1 is 1.32 bits per heavy atom. The van der Waals surface area contributed by atoms with E-state index in [0.717, 1.165) is 5.56 Å². The van der Waals surface area contributed by atoms with E-state index in [0.29, 0.717) is 18.2 Å². The van der Waals surface area contributed by atoms with E-state index in [4.69, 9.17) is 16.3 Å². The van der Waals surface area contributed by atoms with Crippen LogP contribution in [0, 0.1) is 12.7 Å². The Bertz CT molecular complexity index is 594. The van der Waals surface area contributed by atoms with Crippen molar-refractivity contribution >= 4 is 17.5 Å². The summed E-state index contributed by atoms with van der Waals surface area (Å²) >= 11 is 5.77. The summed E-state index contributed by atoms with van der Waals surface area (Å²) in [6.07, 6.45) is 0. The van der Waals surface area contributed by atoms with Gasteiger partial charge < -0.3 is 10.1 Å². The molecule has 0 amide bonds. The number of rotatable bonds is 4. The zero-order valence-corrected chi connectivity index (χ0v) is 11.2. The van der Waals surface area contributed by atoms with Crippen LogP contribution in [0.3, 0.4) is 0 Å². The smallest absolute Gasteiger partial charge is 0.328 e. The molecule has 0 fully saturated rings. The molecule has 0 aliphatic rings. The third-order valence-corrected chi connectivity index (χ3v) is 2.44. The van der Waals surface area contributed by atoms with Crippen molar-refractivity contribution in [3.8, 4) is 11.8 Å². The number of anilines is 1. The fraction of sp³-hybridized carbons (Fsp3) is 0.250. The lowest BCUT2D eigenvalue weighted by Gasteiger charge is -2.08. The molecule has 0 aliphatic heterocycles. The number of benzene rings is 1. The van der Waals surface area contributed by atoms with Crippen LogP contribution in [0.15, 0.2) is 18.2 Å². The molecule has 1 aromatic carbocycles. The van der Waals surface area contributed by atoms with E-state index in [1.165, 1.54) is 12.1 Å². The maximum atomic E-state index is 13.2. The van der Waals surface area contributed by atoms with Gasteiger partial charge in [-0.3, -0.25) is 0 Å². The summed E-state index contributed by atoms with van der Waals surface area (Å²) in [7, 11) is 0. The Morgan fingerprint density at radius 2 is 2.11 bits per heavy atom. The van der Waals surface area contributed by atoms with Gasteiger partial charge in [0, 0.05) is 12.6 Å². The lowest BCUT2D eigenvalue weighted by molar-refractivity contribution is 0.433. The van der Waals surface area contributed by atoms with Crippen molar-refractivity contribution in [2.75, 3.05) is 11.9 Å². The third kappa shape index (κ3) is 3.51. The molecule has 0 aliphatic carbocycles. The average Bonchev–Trinajstić information content (AvgIpc) is 2.33. The second-order valence-electron chi connectivity index (χ2n) is 3.75. The van der Waals surface area contributed by atoms with Crippen molar-refractivity contribution in [1.29, 1.82) is 0 Å². The molecule has 0 saturated heterocycles. The molecular formula is C12H12ClFN4O. The van der Waals surface area contributed by atoms with Gasteiger partial charge in [-0.05, 0) is 37.1 Å². The zero-order chi connectivity index (χ0) is 13.8. The Hall–Kier alpha value is -1.95. The predicted molar refractivity (Wildman–Crippen MR) is 70.2 cm³/mol. The SMILES string of the molecule is CCNc1nc(Cl)nc(Oc2cc(F)ccc2C)n1. The van der Waals surface area contributed by atoms with Crippen LogP contribution < -0.4 is 10.1 Å². The van der Waals surface area contributed by atoms with E-state index in [1.807, 2.05) is 6.92 Å². The van der Waals surface area contributed by atoms with Gasteiger partial charge in [-0.2, -0.15) is 15.0 Å². The first-order valence-electron chi connectivity index (χ1n) is 5.68. The number of hydrogen-bond acceptors (Lipinski definition) is 5. The second-order valence-corrected chi connectivity index (χ2v) is 4.09. The van der Waals surface area contributed by atoms with Gasteiger partial charge in [0.05, 0.1) is 0 Å². The Kier molecular flexibility index (Phi) is 4.11. The molecule has 1 aromatic heterocycles. The minimum absolute atomic E-state index is 0.00926. The highest BCUT2D eigenvalue weighted by molar-refractivity contribution is 6.28. The first kappa shape index (κ1) is 13.5. The molecule has 7 heteroatoms. The molecule has 5 nitrogen and oxygen atoms in total. The molecule has 0 bridgehead atoms. The fourth-order valence-electron chi connectivity index (χ4n) is 1.40. The highest BCUT2D eigenvalue weighted by Gasteiger charge is 2.09. The van der Waals surface area contributed by atoms with Crippen LogP contribution in [-0.2, 0) is 0 Å². The van der Waals surface area contributed by atoms with Gasteiger partial charge in [-0.1, -0.05) is 6.07 Å². The van der Waals surface area contributed by atoms with Crippen molar-refractivity contribution in [1.82, 2.24) is 15.0 Å². The molecule has 100 valence electrons. The summed E-state index contributed by atoms with van der Waals surface area (Å²) in [5.74, 6) is 0.254. The lowest BCUT2D eigenvalue weighted by atomic mass is 10.2. The summed E-state index contributed by atoms with van der Waals surface area (Å²) in [6.45, 7) is 4.33. The van der Waals surface area contributed by atoms with Crippen LogP contribution in [0.25, 0.3) is 0 Å². The normalized spacial score (nSPS) is 10.3. The van der Waals surface area contributed by atoms with Crippen molar-refractivity contribution in [3.05, 3.63) is 34.9 Å². The molecule has 2 rings (SSSR count). The number of aryl methyl sites for hydroxylation is 1. The van der Waals surface area contributed by atoms with Gasteiger partial charge in [-0.25, -0.2) is 4.39 Å². The second kappa shape index (κ2) is 5.79. The predicted octanol–water partition coefficient (Wildman–Crippen LogP) is 3.20. The highest BCUT2D eigenvalue weighted by atomic mass is 35.5. The molecule has 1 N–H and O–H groups in total. The average molecular weight is 283 g/mol. The Balaban J connectivity index is 2.29. The summed E-state index contributed by atoms with van der Waals surface area (Å²) in [4.78, 5) is 11.8. The number of nitrogens with zero attached hydrogens (tertiary/aromatic N) is 3. The van der Waals surface area contributed by atoms with Crippen molar-refractivity contribution in [2.45, 2.75) is 13.8 Å². The zero-order valence-electron chi connectivity index (χ0n) is 10.4. The minimum Gasteiger partial charge on any atom is -0.424 e. The van der Waals surface area contributed by atoms with E-state index in [1.54, 1.807) is 13.0 Å². The number of ether oxygens (including phenoxy) is 1. The third-order valence-electron chi connectivity index (χ3n) is 2.27. The number of halogens is 2. The van der Waals surface area contributed by atoms with E-state index in [-0.39, 0.29) is 11.3 Å². The van der Waals surface area contributed by atoms with Gasteiger partial charge in [-0.15, -0.1) is 0 Å². The standard InChI is InChI=1S/C12H12ClFN4O/c1-3-15-11-16-10(13)17-12(18-11)19-9-6-8(14)5-4-7(9)2/h4-6H,3H2,1-2H3,(H,15,16,17,18). The first-order chi connectivity index (χ1) is 9.08. The summed E-state index contributed by atoms with van der Waals surface area (Å²) in [5.41, 5.74) is 0.767. The molecule has 0 atom stereocenters. The maximum Gasteiger partial charge on any atom is 0.328 e. The topological polar surface area (TPSA) is 59.9 Å². The minimum atomic E-state index is -0.396. The van der Waals surface area contributed by atoms with Gasteiger partial charge in [0.1, 0.15) is 11.6 Å². The van der Waals surface area contributed by atoms with Crippen LogP contribution >= 0.6 is 11.6 Å². The van der Waals surface area contributed by atoms with Crippen molar-refractivity contribution in [2.24, 2.45) is 0 Å². The quantitative estimate of drug-likeness (QED) is 0.933. The fourth-order valence-corrected chi connectivity index (χ4v) is 1.55. The lowest BCUT2D eigenvalue weighted by Crippen LogP contribution is -2.05. The van der Waals surface area contributed by atoms with Gasteiger partial charge >= 0.3 is 6.01 Å². The van der Waals surface area contributed by atoms with Gasteiger partial charge in [0.2, 0.25) is 11.2 Å². The Labute approximate surface area is 114 Å². The van der Waals surface area contributed by atoms with Crippen LogP contribution in [0.4, 0.5) is 10.3 Å². The molecule has 2 aromatic rings. The number of aromatic nitrogens is 3. The molecule has 1 heterocycles. The van der Waals surface area contributed by atoms with E-state index in [2.05, 4.69) is 20.3 Å². The van der Waals surface area contributed by atoms with Crippen LogP contribution in [0.2, 0.25) is 5.28 Å². The number of nitrogens with one attached hydrogen (secondary N) is 1. The monoisotopic (exact) mass is 282 g/mol. The maximum absolute atomic E-state index is 13.2. The molecule has 0 radical (unpaired) electrons. The molecule has 0 spiro atoms. The van der Waals surface area contributed by atoms with Crippen LogP contribution in [0.5, 0.6) is 11.8 Å². The van der Waals surface area contributed by atoms with Crippen molar-refractivity contribution in [3.63, 3.8) is 0 Å².